The first-order valence-electron chi connectivity index (χ1n) is 17.7. The number of carbonyl (C=O) groups excluding carboxylic acids is 2. The van der Waals surface area contributed by atoms with E-state index in [0.29, 0.717) is 18.7 Å². The number of nitrogens with one attached hydrogen (secondary N) is 2. The number of rotatable bonds is 20. The Balaban J connectivity index is 1.37. The summed E-state index contributed by atoms with van der Waals surface area (Å²) >= 11 is 0. The van der Waals surface area contributed by atoms with Gasteiger partial charge in [-0.1, -0.05) is 70.4 Å². The van der Waals surface area contributed by atoms with E-state index in [9.17, 15) is 45.3 Å². The highest BCUT2D eigenvalue weighted by atomic mass is 16.6. The molecule has 1 heterocycles. The smallest absolute Gasteiger partial charge is 0.319 e. The Hall–Kier alpha value is -2.20. The molecule has 1 aromatic carbocycles. The fraction of sp³-hybridized carbons (Fsp3) is 0.771. The summed E-state index contributed by atoms with van der Waals surface area (Å²) in [7, 11) is 0. The summed E-state index contributed by atoms with van der Waals surface area (Å²) < 4.78 is 11.5. The van der Waals surface area contributed by atoms with Gasteiger partial charge >= 0.3 is 6.03 Å². The number of Topliss-reactive ketones (excluding diaryl/α,β-unsaturated/α-hetero) is 1. The molecule has 2 fully saturated rings. The van der Waals surface area contributed by atoms with Gasteiger partial charge in [-0.2, -0.15) is 0 Å². The molecular weight excluding hydrogens is 624 g/mol. The first kappa shape index (κ1) is 40.2. The molecule has 0 spiro atoms. The van der Waals surface area contributed by atoms with E-state index < -0.39 is 74.1 Å². The third-order valence-electron chi connectivity index (χ3n) is 9.53. The molecule has 0 unspecified atom stereocenters. The Kier molecular flexibility index (Phi) is 17.7. The first-order chi connectivity index (χ1) is 23.1. The molecule has 1 saturated carbocycles. The molecule has 10 atom stereocenters. The van der Waals surface area contributed by atoms with Crippen LogP contribution in [0.2, 0.25) is 0 Å². The Morgan fingerprint density at radius 2 is 1.44 bits per heavy atom. The topological polar surface area (TPSA) is 218 Å². The quantitative estimate of drug-likeness (QED) is 0.0899. The van der Waals surface area contributed by atoms with Crippen molar-refractivity contribution in [1.29, 1.82) is 0 Å². The number of unbranched alkanes of at least 4 members (excludes halogenated alkanes) is 8. The Morgan fingerprint density at radius 3 is 2.06 bits per heavy atom. The van der Waals surface area contributed by atoms with Crippen LogP contribution >= 0.6 is 0 Å². The van der Waals surface area contributed by atoms with Gasteiger partial charge in [0, 0.05) is 37.6 Å². The van der Waals surface area contributed by atoms with Gasteiger partial charge in [-0.05, 0) is 37.0 Å². The maximum absolute atomic E-state index is 12.8. The van der Waals surface area contributed by atoms with E-state index in [1.54, 1.807) is 12.1 Å². The highest BCUT2D eigenvalue weighted by Gasteiger charge is 2.49. The van der Waals surface area contributed by atoms with Crippen LogP contribution in [0.25, 0.3) is 0 Å². The van der Waals surface area contributed by atoms with Crippen LogP contribution in [0.15, 0.2) is 24.3 Å². The lowest BCUT2D eigenvalue weighted by molar-refractivity contribution is -0.272. The molecule has 9 N–H and O–H groups in total. The van der Waals surface area contributed by atoms with Gasteiger partial charge in [-0.3, -0.25) is 4.79 Å². The van der Waals surface area contributed by atoms with Crippen molar-refractivity contribution in [3.63, 3.8) is 0 Å². The largest absolute Gasteiger partial charge is 0.396 e. The molecule has 0 bridgehead atoms. The van der Waals surface area contributed by atoms with Crippen molar-refractivity contribution in [3.8, 4) is 0 Å². The summed E-state index contributed by atoms with van der Waals surface area (Å²) in [6.07, 6.45) is -1.08. The normalized spacial score (nSPS) is 30.6. The van der Waals surface area contributed by atoms with Crippen molar-refractivity contribution in [1.82, 2.24) is 5.32 Å². The molecule has 1 aliphatic carbocycles. The number of ether oxygens (including phenoxy) is 2. The number of urea groups is 1. The van der Waals surface area contributed by atoms with Crippen LogP contribution in [0.1, 0.15) is 89.5 Å². The average Bonchev–Trinajstić information content (AvgIpc) is 3.08. The van der Waals surface area contributed by atoms with E-state index in [-0.39, 0.29) is 31.1 Å². The van der Waals surface area contributed by atoms with Gasteiger partial charge in [0.2, 0.25) is 0 Å². The van der Waals surface area contributed by atoms with E-state index in [2.05, 4.69) is 17.6 Å². The maximum Gasteiger partial charge on any atom is 0.319 e. The molecule has 2 aliphatic rings. The number of aliphatic hydroxyl groups is 7. The van der Waals surface area contributed by atoms with Crippen LogP contribution in [-0.2, 0) is 20.7 Å². The molecule has 2 amide bonds. The van der Waals surface area contributed by atoms with Crippen molar-refractivity contribution in [2.75, 3.05) is 25.1 Å². The monoisotopic (exact) mass is 682 g/mol. The van der Waals surface area contributed by atoms with Gasteiger partial charge in [-0.15, -0.1) is 0 Å². The number of benzene rings is 1. The lowest BCUT2D eigenvalue weighted by Gasteiger charge is -2.46. The predicted octanol–water partition coefficient (Wildman–Crippen LogP) is 1.56. The lowest BCUT2D eigenvalue weighted by Crippen LogP contribution is -2.63. The van der Waals surface area contributed by atoms with Crippen molar-refractivity contribution in [2.45, 2.75) is 145 Å². The van der Waals surface area contributed by atoms with Gasteiger partial charge in [0.25, 0.3) is 0 Å². The number of amides is 2. The second-order valence-electron chi connectivity index (χ2n) is 13.3. The van der Waals surface area contributed by atoms with Crippen LogP contribution in [0, 0.1) is 5.92 Å². The van der Waals surface area contributed by atoms with Crippen molar-refractivity contribution < 1.29 is 54.8 Å². The van der Waals surface area contributed by atoms with Gasteiger partial charge in [0.05, 0.1) is 24.9 Å². The third-order valence-corrected chi connectivity index (χ3v) is 9.53. The number of carbonyl (C=O) groups is 2. The van der Waals surface area contributed by atoms with E-state index >= 15 is 0 Å². The molecule has 1 saturated heterocycles. The molecule has 13 nitrogen and oxygen atoms in total. The molecule has 48 heavy (non-hydrogen) atoms. The van der Waals surface area contributed by atoms with E-state index in [0.717, 1.165) is 18.4 Å². The second kappa shape index (κ2) is 21.1. The van der Waals surface area contributed by atoms with Gasteiger partial charge in [0.1, 0.15) is 42.4 Å². The Labute approximate surface area is 283 Å². The van der Waals surface area contributed by atoms with Gasteiger partial charge < -0.3 is 55.9 Å². The zero-order valence-corrected chi connectivity index (χ0v) is 28.2. The fourth-order valence-electron chi connectivity index (χ4n) is 6.48. The summed E-state index contributed by atoms with van der Waals surface area (Å²) in [6.45, 7) is 1.75. The van der Waals surface area contributed by atoms with Crippen LogP contribution in [-0.4, -0.2) is 122 Å². The minimum Gasteiger partial charge on any atom is -0.396 e. The number of anilines is 1. The minimum atomic E-state index is -1.60. The van der Waals surface area contributed by atoms with E-state index in [1.807, 2.05) is 12.1 Å². The minimum absolute atomic E-state index is 0.0427. The molecule has 3 rings (SSSR count). The average molecular weight is 683 g/mol. The van der Waals surface area contributed by atoms with E-state index in [1.165, 1.54) is 44.9 Å². The SMILES string of the molecule is CCCCCCCCCCCNC(=O)Nc1ccc(CCC(=O)C[C@@H]2O[C@H](CO)[C@@H](O[C@@H]3C[C@H](CO)[C@H](O)[C@H](O)[C@H]3O)[C@H](O)[C@H]2O)cc1. The molecule has 274 valence electrons. The number of hydrogen-bond donors (Lipinski definition) is 9. The number of aliphatic hydroxyl groups excluding tert-OH is 7. The van der Waals surface area contributed by atoms with Crippen molar-refractivity contribution in [3.05, 3.63) is 29.8 Å². The number of ketones is 1. The molecule has 1 aliphatic heterocycles. The first-order valence-corrected chi connectivity index (χ1v) is 17.7. The third kappa shape index (κ3) is 12.3. The zero-order chi connectivity index (χ0) is 35.1. The molecule has 13 heteroatoms. The standard InChI is InChI=1S/C35H58N2O11/c1-2-3-4-5-6-7-8-9-10-17-36-35(46)37-24-14-11-22(12-15-24)13-16-25(40)19-27-31(43)33(45)34(28(21-39)47-27)48-26-18-23(20-38)29(41)32(44)30(26)42/h11-12,14-15,23,26-34,38-39,41-45H,2-10,13,16-21H2,1H3,(H2,36,37,46)/t23-,26-,27+,28-,29+,30+,31+,32+,33-,34-/m1/s1. The fourth-order valence-corrected chi connectivity index (χ4v) is 6.48. The second-order valence-corrected chi connectivity index (χ2v) is 13.3. The van der Waals surface area contributed by atoms with Gasteiger partial charge in [0.15, 0.2) is 0 Å². The molecule has 1 aromatic rings. The highest BCUT2D eigenvalue weighted by Crippen LogP contribution is 2.33. The summed E-state index contributed by atoms with van der Waals surface area (Å²) in [4.78, 5) is 25.1. The Bertz CT molecular complexity index is 1070. The zero-order valence-electron chi connectivity index (χ0n) is 28.2. The van der Waals surface area contributed by atoms with Crippen LogP contribution in [0.4, 0.5) is 10.5 Å². The van der Waals surface area contributed by atoms with E-state index in [4.69, 9.17) is 9.47 Å². The predicted molar refractivity (Wildman–Crippen MR) is 178 cm³/mol. The van der Waals surface area contributed by atoms with Crippen LogP contribution < -0.4 is 10.6 Å². The van der Waals surface area contributed by atoms with Crippen molar-refractivity contribution in [2.24, 2.45) is 5.92 Å². The number of aryl methyl sites for hydroxylation is 1. The number of hydrogen-bond acceptors (Lipinski definition) is 11. The molecular formula is C35H58N2O11. The summed E-state index contributed by atoms with van der Waals surface area (Å²) in [6, 6.07) is 6.90. The lowest BCUT2D eigenvalue weighted by atomic mass is 9.81. The summed E-state index contributed by atoms with van der Waals surface area (Å²) in [5, 5.41) is 77.3. The molecule has 0 radical (unpaired) electrons. The summed E-state index contributed by atoms with van der Waals surface area (Å²) in [5.41, 5.74) is 1.50. The van der Waals surface area contributed by atoms with Crippen LogP contribution in [0.3, 0.4) is 0 Å². The van der Waals surface area contributed by atoms with Crippen molar-refractivity contribution >= 4 is 17.5 Å². The maximum atomic E-state index is 12.8. The Morgan fingerprint density at radius 1 is 0.792 bits per heavy atom. The summed E-state index contributed by atoms with van der Waals surface area (Å²) in [5.74, 6) is -1.02. The van der Waals surface area contributed by atoms with Gasteiger partial charge in [-0.25, -0.2) is 4.79 Å². The van der Waals surface area contributed by atoms with Crippen LogP contribution in [0.5, 0.6) is 0 Å². The molecule has 0 aromatic heterocycles. The highest BCUT2D eigenvalue weighted by molar-refractivity contribution is 5.89.